The predicted octanol–water partition coefficient (Wildman–Crippen LogP) is 2.82. The number of carbonyl (C=O) groups is 1. The molecule has 0 aliphatic rings. The van der Waals surface area contributed by atoms with Gasteiger partial charge in [-0.3, -0.25) is 4.79 Å². The highest BCUT2D eigenvalue weighted by Gasteiger charge is 2.18. The van der Waals surface area contributed by atoms with Crippen LogP contribution < -0.4 is 10.6 Å². The van der Waals surface area contributed by atoms with Gasteiger partial charge in [0, 0.05) is 18.7 Å². The van der Waals surface area contributed by atoms with Gasteiger partial charge in [-0.05, 0) is 32.5 Å². The SMILES string of the molecule is CNC(C)c1ccccc1NC(=O)c1oc(C)nc1C. The Bertz CT molecular complexity index is 619. The van der Waals surface area contributed by atoms with Crippen LogP contribution in [0.5, 0.6) is 0 Å². The molecule has 106 valence electrons. The van der Waals surface area contributed by atoms with Crippen molar-refractivity contribution in [1.82, 2.24) is 10.3 Å². The van der Waals surface area contributed by atoms with Gasteiger partial charge in [0.2, 0.25) is 5.76 Å². The van der Waals surface area contributed by atoms with E-state index in [0.29, 0.717) is 11.6 Å². The Morgan fingerprint density at radius 1 is 1.30 bits per heavy atom. The Balaban J connectivity index is 2.26. The third-order valence-corrected chi connectivity index (χ3v) is 3.22. The van der Waals surface area contributed by atoms with Gasteiger partial charge in [0.15, 0.2) is 5.89 Å². The lowest BCUT2D eigenvalue weighted by Crippen LogP contribution is -2.18. The molecule has 1 heterocycles. The molecular weight excluding hydrogens is 254 g/mol. The van der Waals surface area contributed by atoms with Crippen molar-refractivity contribution in [2.45, 2.75) is 26.8 Å². The topological polar surface area (TPSA) is 67.2 Å². The first kappa shape index (κ1) is 14.3. The van der Waals surface area contributed by atoms with Gasteiger partial charge in [-0.25, -0.2) is 4.98 Å². The molecule has 0 fully saturated rings. The molecule has 5 nitrogen and oxygen atoms in total. The maximum atomic E-state index is 12.2. The first-order valence-electron chi connectivity index (χ1n) is 6.54. The largest absolute Gasteiger partial charge is 0.436 e. The molecular formula is C15H19N3O2. The summed E-state index contributed by atoms with van der Waals surface area (Å²) in [5.41, 5.74) is 2.39. The number of hydrogen-bond acceptors (Lipinski definition) is 4. The van der Waals surface area contributed by atoms with E-state index in [2.05, 4.69) is 15.6 Å². The van der Waals surface area contributed by atoms with Crippen molar-refractivity contribution >= 4 is 11.6 Å². The molecule has 0 radical (unpaired) electrons. The summed E-state index contributed by atoms with van der Waals surface area (Å²) in [5, 5.41) is 6.05. The zero-order valence-electron chi connectivity index (χ0n) is 12.2. The molecule has 20 heavy (non-hydrogen) atoms. The maximum Gasteiger partial charge on any atom is 0.293 e. The average Bonchev–Trinajstić information content (AvgIpc) is 2.77. The normalized spacial score (nSPS) is 12.2. The summed E-state index contributed by atoms with van der Waals surface area (Å²) in [5.74, 6) is 0.470. The van der Waals surface area contributed by atoms with E-state index in [1.807, 2.05) is 38.2 Å². The van der Waals surface area contributed by atoms with E-state index in [1.54, 1.807) is 13.8 Å². The zero-order valence-corrected chi connectivity index (χ0v) is 12.2. The summed E-state index contributed by atoms with van der Waals surface area (Å²) in [6, 6.07) is 7.83. The molecule has 2 N–H and O–H groups in total. The molecule has 2 rings (SSSR count). The van der Waals surface area contributed by atoms with E-state index in [1.165, 1.54) is 0 Å². The third kappa shape index (κ3) is 2.88. The minimum Gasteiger partial charge on any atom is -0.436 e. The Morgan fingerprint density at radius 2 is 2.00 bits per heavy atom. The number of nitrogens with one attached hydrogen (secondary N) is 2. The fourth-order valence-electron chi connectivity index (χ4n) is 2.06. The molecule has 1 unspecified atom stereocenters. The van der Waals surface area contributed by atoms with Crippen LogP contribution in [-0.2, 0) is 0 Å². The van der Waals surface area contributed by atoms with Crippen LogP contribution in [0, 0.1) is 13.8 Å². The lowest BCUT2D eigenvalue weighted by atomic mass is 10.1. The van der Waals surface area contributed by atoms with Gasteiger partial charge < -0.3 is 15.1 Å². The third-order valence-electron chi connectivity index (χ3n) is 3.22. The second kappa shape index (κ2) is 5.88. The second-order valence-electron chi connectivity index (χ2n) is 4.70. The van der Waals surface area contributed by atoms with Crippen molar-refractivity contribution in [3.8, 4) is 0 Å². The van der Waals surface area contributed by atoms with Crippen LogP contribution in [0.4, 0.5) is 5.69 Å². The minimum atomic E-state index is -0.279. The number of aryl methyl sites for hydroxylation is 2. The van der Waals surface area contributed by atoms with Crippen molar-refractivity contribution < 1.29 is 9.21 Å². The van der Waals surface area contributed by atoms with Crippen molar-refractivity contribution in [2.24, 2.45) is 0 Å². The molecule has 0 aliphatic heterocycles. The predicted molar refractivity (Wildman–Crippen MR) is 77.8 cm³/mol. The number of amides is 1. The quantitative estimate of drug-likeness (QED) is 0.899. The highest BCUT2D eigenvalue weighted by molar-refractivity contribution is 6.03. The molecule has 0 spiro atoms. The highest BCUT2D eigenvalue weighted by Crippen LogP contribution is 2.23. The van der Waals surface area contributed by atoms with Crippen LogP contribution >= 0.6 is 0 Å². The number of nitrogens with zero attached hydrogens (tertiary/aromatic N) is 1. The molecule has 1 aromatic carbocycles. The highest BCUT2D eigenvalue weighted by atomic mass is 16.4. The van der Waals surface area contributed by atoms with Gasteiger partial charge in [-0.15, -0.1) is 0 Å². The van der Waals surface area contributed by atoms with Crippen LogP contribution in [0.25, 0.3) is 0 Å². The molecule has 1 amide bonds. The summed E-state index contributed by atoms with van der Waals surface area (Å²) < 4.78 is 5.34. The summed E-state index contributed by atoms with van der Waals surface area (Å²) >= 11 is 0. The van der Waals surface area contributed by atoms with E-state index in [4.69, 9.17) is 4.42 Å². The van der Waals surface area contributed by atoms with Crippen molar-refractivity contribution in [1.29, 1.82) is 0 Å². The van der Waals surface area contributed by atoms with Crippen LogP contribution in [0.1, 0.15) is 40.7 Å². The molecule has 0 saturated carbocycles. The van der Waals surface area contributed by atoms with Crippen molar-refractivity contribution in [3.05, 3.63) is 47.2 Å². The summed E-state index contributed by atoms with van der Waals surface area (Å²) in [4.78, 5) is 16.4. The monoisotopic (exact) mass is 273 g/mol. The molecule has 0 aliphatic carbocycles. The molecule has 0 saturated heterocycles. The standard InChI is InChI=1S/C15H19N3O2/c1-9(16-4)12-7-5-6-8-13(12)18-15(19)14-10(2)17-11(3)20-14/h5-9,16H,1-4H3,(H,18,19). The summed E-state index contributed by atoms with van der Waals surface area (Å²) in [6.07, 6.45) is 0. The van der Waals surface area contributed by atoms with Gasteiger partial charge in [0.1, 0.15) is 0 Å². The van der Waals surface area contributed by atoms with Gasteiger partial charge in [-0.1, -0.05) is 18.2 Å². The van der Waals surface area contributed by atoms with Gasteiger partial charge in [-0.2, -0.15) is 0 Å². The lowest BCUT2D eigenvalue weighted by molar-refractivity contribution is 0.0994. The lowest BCUT2D eigenvalue weighted by Gasteiger charge is -2.15. The number of carbonyl (C=O) groups excluding carboxylic acids is 1. The van der Waals surface area contributed by atoms with Crippen LogP contribution in [0.2, 0.25) is 0 Å². The molecule has 0 bridgehead atoms. The maximum absolute atomic E-state index is 12.2. The number of aromatic nitrogens is 1. The fourth-order valence-corrected chi connectivity index (χ4v) is 2.06. The minimum absolute atomic E-state index is 0.143. The Morgan fingerprint density at radius 3 is 2.60 bits per heavy atom. The number of hydrogen-bond donors (Lipinski definition) is 2. The van der Waals surface area contributed by atoms with Crippen LogP contribution in [0.15, 0.2) is 28.7 Å². The Kier molecular flexibility index (Phi) is 4.20. The van der Waals surface area contributed by atoms with E-state index in [9.17, 15) is 4.79 Å². The van der Waals surface area contributed by atoms with Gasteiger partial charge >= 0.3 is 0 Å². The first-order chi connectivity index (χ1) is 9.52. The fraction of sp³-hybridized carbons (Fsp3) is 0.333. The molecule has 5 heteroatoms. The van der Waals surface area contributed by atoms with Gasteiger partial charge in [0.25, 0.3) is 5.91 Å². The average molecular weight is 273 g/mol. The van der Waals surface area contributed by atoms with E-state index in [0.717, 1.165) is 11.3 Å². The van der Waals surface area contributed by atoms with Crippen molar-refractivity contribution in [2.75, 3.05) is 12.4 Å². The summed E-state index contributed by atoms with van der Waals surface area (Å²) in [7, 11) is 1.88. The Labute approximate surface area is 118 Å². The number of anilines is 1. The molecule has 2 aromatic rings. The van der Waals surface area contributed by atoms with Crippen LogP contribution in [-0.4, -0.2) is 17.9 Å². The smallest absolute Gasteiger partial charge is 0.293 e. The summed E-state index contributed by atoms with van der Waals surface area (Å²) in [6.45, 7) is 5.52. The van der Waals surface area contributed by atoms with Gasteiger partial charge in [0.05, 0.1) is 5.69 Å². The van der Waals surface area contributed by atoms with E-state index < -0.39 is 0 Å². The van der Waals surface area contributed by atoms with Crippen molar-refractivity contribution in [3.63, 3.8) is 0 Å². The number of benzene rings is 1. The van der Waals surface area contributed by atoms with E-state index >= 15 is 0 Å². The Hall–Kier alpha value is -2.14. The zero-order chi connectivity index (χ0) is 14.7. The number of rotatable bonds is 4. The van der Waals surface area contributed by atoms with Crippen LogP contribution in [0.3, 0.4) is 0 Å². The molecule has 1 aromatic heterocycles. The van der Waals surface area contributed by atoms with E-state index in [-0.39, 0.29) is 17.7 Å². The first-order valence-corrected chi connectivity index (χ1v) is 6.54. The number of oxazole rings is 1. The molecule has 1 atom stereocenters. The number of para-hydroxylation sites is 1. The second-order valence-corrected chi connectivity index (χ2v) is 4.70.